The quantitative estimate of drug-likeness (QED) is 0.419. The number of Topliss-reactive ketones (excluding diaryl/α,β-unsaturated/α-hetero) is 1. The smallest absolute Gasteiger partial charge is 0.245 e. The average Bonchev–Trinajstić information content (AvgIpc) is 3.38. The van der Waals surface area contributed by atoms with E-state index in [0.29, 0.717) is 49.2 Å². The maximum atomic E-state index is 13.9. The van der Waals surface area contributed by atoms with Crippen molar-refractivity contribution in [2.75, 3.05) is 16.0 Å². The van der Waals surface area contributed by atoms with Crippen molar-refractivity contribution in [1.82, 2.24) is 10.2 Å². The number of nitriles is 1. The predicted molar refractivity (Wildman–Crippen MR) is 142 cm³/mol. The van der Waals surface area contributed by atoms with Crippen molar-refractivity contribution in [3.8, 4) is 6.07 Å². The summed E-state index contributed by atoms with van der Waals surface area (Å²) >= 11 is 9.13. The summed E-state index contributed by atoms with van der Waals surface area (Å²) < 4.78 is 0.703. The summed E-state index contributed by atoms with van der Waals surface area (Å²) in [4.78, 5) is 29.4. The van der Waals surface area contributed by atoms with Crippen LogP contribution in [0.1, 0.15) is 37.8 Å². The van der Waals surface area contributed by atoms with Gasteiger partial charge in [-0.3, -0.25) is 14.5 Å². The maximum Gasteiger partial charge on any atom is 0.245 e. The number of hydrogen-bond acceptors (Lipinski definition) is 9. The molecule has 1 atom stereocenters. The van der Waals surface area contributed by atoms with E-state index < -0.39 is 16.7 Å². The molecular formula is C25H23ClN6O2S2. The number of amides is 1. The van der Waals surface area contributed by atoms with Crippen LogP contribution < -0.4 is 16.0 Å². The van der Waals surface area contributed by atoms with E-state index in [1.165, 1.54) is 23.1 Å². The minimum absolute atomic E-state index is 0.0113. The summed E-state index contributed by atoms with van der Waals surface area (Å²) in [5.74, 6) is 0.0360. The SMILES string of the molecule is C=CCSc1nnc(N2C(N)=C(C#N)C3(C(=O)Nc4c3ccc(Cl)c4C)C3=C2CC(C)(C)CC3=O)s1. The lowest BCUT2D eigenvalue weighted by Crippen LogP contribution is -2.52. The van der Waals surface area contributed by atoms with E-state index in [2.05, 4.69) is 28.2 Å². The van der Waals surface area contributed by atoms with Crippen LogP contribution >= 0.6 is 34.7 Å². The van der Waals surface area contributed by atoms with Gasteiger partial charge in [-0.2, -0.15) is 5.26 Å². The highest BCUT2D eigenvalue weighted by Gasteiger charge is 2.61. The van der Waals surface area contributed by atoms with E-state index in [1.54, 1.807) is 30.0 Å². The van der Waals surface area contributed by atoms with Gasteiger partial charge in [0.15, 0.2) is 10.1 Å². The second kappa shape index (κ2) is 8.47. The summed E-state index contributed by atoms with van der Waals surface area (Å²) in [6.45, 7) is 9.52. The zero-order valence-electron chi connectivity index (χ0n) is 19.9. The molecule has 0 fully saturated rings. The number of benzene rings is 1. The van der Waals surface area contributed by atoms with E-state index in [-0.39, 0.29) is 29.2 Å². The lowest BCUT2D eigenvalue weighted by Gasteiger charge is -2.45. The van der Waals surface area contributed by atoms with Crippen LogP contribution in [0.4, 0.5) is 10.8 Å². The molecule has 1 aliphatic carbocycles. The molecule has 2 aliphatic heterocycles. The molecule has 0 saturated heterocycles. The normalized spacial score (nSPS) is 22.5. The molecule has 1 unspecified atom stereocenters. The van der Waals surface area contributed by atoms with Gasteiger partial charge in [-0.1, -0.05) is 60.7 Å². The number of nitrogens with one attached hydrogen (secondary N) is 1. The first-order valence-electron chi connectivity index (χ1n) is 11.2. The summed E-state index contributed by atoms with van der Waals surface area (Å²) in [7, 11) is 0. The molecule has 184 valence electrons. The van der Waals surface area contributed by atoms with Crippen molar-refractivity contribution in [3.63, 3.8) is 0 Å². The first-order chi connectivity index (χ1) is 17.1. The van der Waals surface area contributed by atoms with Crippen molar-refractivity contribution < 1.29 is 9.59 Å². The molecule has 0 bridgehead atoms. The number of thioether (sulfide) groups is 1. The van der Waals surface area contributed by atoms with Crippen LogP contribution in [0.15, 0.2) is 51.8 Å². The molecule has 1 aromatic carbocycles. The van der Waals surface area contributed by atoms with Gasteiger partial charge in [0.2, 0.25) is 11.0 Å². The fourth-order valence-electron chi connectivity index (χ4n) is 5.31. The van der Waals surface area contributed by atoms with E-state index >= 15 is 0 Å². The number of carbonyl (C=O) groups excluding carboxylic acids is 2. The van der Waals surface area contributed by atoms with E-state index in [9.17, 15) is 14.9 Å². The Bertz CT molecular complexity index is 1470. The second-order valence-electron chi connectivity index (χ2n) is 9.72. The number of hydrogen-bond donors (Lipinski definition) is 2. The van der Waals surface area contributed by atoms with Crippen LogP contribution in [0.2, 0.25) is 5.02 Å². The first-order valence-corrected chi connectivity index (χ1v) is 13.4. The van der Waals surface area contributed by atoms with Crippen LogP contribution in [0, 0.1) is 23.7 Å². The molecule has 3 N–H and O–H groups in total. The highest BCUT2D eigenvalue weighted by molar-refractivity contribution is 8.01. The minimum Gasteiger partial charge on any atom is -0.384 e. The van der Waals surface area contributed by atoms with Gasteiger partial charge in [-0.25, -0.2) is 0 Å². The van der Waals surface area contributed by atoms with E-state index in [0.717, 1.165) is 0 Å². The molecule has 1 spiro atoms. The largest absolute Gasteiger partial charge is 0.384 e. The van der Waals surface area contributed by atoms with Crippen LogP contribution in [-0.4, -0.2) is 27.6 Å². The Morgan fingerprint density at radius 1 is 1.36 bits per heavy atom. The number of nitrogens with zero attached hydrogens (tertiary/aromatic N) is 4. The van der Waals surface area contributed by atoms with Crippen LogP contribution in [0.3, 0.4) is 0 Å². The predicted octanol–water partition coefficient (Wildman–Crippen LogP) is 4.83. The number of halogens is 1. The van der Waals surface area contributed by atoms with Crippen LogP contribution in [0.5, 0.6) is 0 Å². The molecule has 11 heteroatoms. The molecule has 3 heterocycles. The Morgan fingerprint density at radius 2 is 2.11 bits per heavy atom. The van der Waals surface area contributed by atoms with Crippen LogP contribution in [-0.2, 0) is 15.0 Å². The molecule has 0 saturated carbocycles. The zero-order chi connectivity index (χ0) is 26.0. The van der Waals surface area contributed by atoms with E-state index in [1.807, 2.05) is 13.8 Å². The molecule has 1 amide bonds. The number of ketones is 1. The third-order valence-electron chi connectivity index (χ3n) is 6.78. The maximum absolute atomic E-state index is 13.9. The third-order valence-corrected chi connectivity index (χ3v) is 9.22. The van der Waals surface area contributed by atoms with Gasteiger partial charge in [-0.05, 0) is 30.4 Å². The fraction of sp³-hybridized carbons (Fsp3) is 0.320. The highest BCUT2D eigenvalue weighted by Crippen LogP contribution is 2.58. The number of fused-ring (bicyclic) bond motifs is 3. The van der Waals surface area contributed by atoms with Gasteiger partial charge in [0, 0.05) is 34.0 Å². The van der Waals surface area contributed by atoms with Crippen molar-refractivity contribution in [2.24, 2.45) is 11.1 Å². The third kappa shape index (κ3) is 3.34. The van der Waals surface area contributed by atoms with Crippen molar-refractivity contribution in [2.45, 2.75) is 43.4 Å². The number of anilines is 2. The van der Waals surface area contributed by atoms with Gasteiger partial charge in [0.05, 0.1) is 11.3 Å². The average molecular weight is 539 g/mol. The summed E-state index contributed by atoms with van der Waals surface area (Å²) in [6, 6.07) is 5.56. The number of aromatic nitrogens is 2. The second-order valence-corrected chi connectivity index (χ2v) is 12.3. The van der Waals surface area contributed by atoms with Gasteiger partial charge in [0.1, 0.15) is 17.3 Å². The Balaban J connectivity index is 1.83. The lowest BCUT2D eigenvalue weighted by molar-refractivity contribution is -0.123. The number of nitrogens with two attached hydrogens (primary N) is 1. The standard InChI is InChI=1S/C25H23ClN6O2S2/c1-5-8-35-23-31-30-22(36-23)32-16-9-24(3,4)10-17(33)18(16)25(14(11-27)20(32)28)13-6-7-15(26)12(2)19(13)29-21(25)34/h5-7H,1,8-10,28H2,2-4H3,(H,29,34). The summed E-state index contributed by atoms with van der Waals surface area (Å²) in [6.07, 6.45) is 2.46. The van der Waals surface area contributed by atoms with Crippen molar-refractivity contribution in [1.29, 1.82) is 5.26 Å². The highest BCUT2D eigenvalue weighted by atomic mass is 35.5. The monoisotopic (exact) mass is 538 g/mol. The molecule has 3 aliphatic rings. The molecule has 2 aromatic rings. The van der Waals surface area contributed by atoms with Gasteiger partial charge >= 0.3 is 0 Å². The molecule has 5 rings (SSSR count). The Kier molecular flexibility index (Phi) is 5.78. The molecule has 8 nitrogen and oxygen atoms in total. The van der Waals surface area contributed by atoms with Gasteiger partial charge in [-0.15, -0.1) is 16.8 Å². The van der Waals surface area contributed by atoms with Crippen molar-refractivity contribution >= 4 is 57.2 Å². The lowest BCUT2D eigenvalue weighted by atomic mass is 9.61. The van der Waals surface area contributed by atoms with Crippen molar-refractivity contribution in [3.05, 3.63) is 63.6 Å². The Labute approximate surface area is 221 Å². The van der Waals surface area contributed by atoms with Crippen LogP contribution in [0.25, 0.3) is 0 Å². The fourth-order valence-corrected chi connectivity index (χ4v) is 7.10. The number of allylic oxidation sites excluding steroid dienone is 1. The molecule has 0 radical (unpaired) electrons. The molecule has 1 aromatic heterocycles. The zero-order valence-corrected chi connectivity index (χ0v) is 22.3. The minimum atomic E-state index is -1.66. The Morgan fingerprint density at radius 3 is 2.81 bits per heavy atom. The molecule has 36 heavy (non-hydrogen) atoms. The van der Waals surface area contributed by atoms with Gasteiger partial charge < -0.3 is 11.1 Å². The Hall–Kier alpha value is -3.13. The first kappa shape index (κ1) is 24.6. The summed E-state index contributed by atoms with van der Waals surface area (Å²) in [5, 5.41) is 22.8. The van der Waals surface area contributed by atoms with Gasteiger partial charge in [0.25, 0.3) is 0 Å². The number of rotatable bonds is 4. The topological polar surface area (TPSA) is 125 Å². The van der Waals surface area contributed by atoms with E-state index in [4.69, 9.17) is 17.3 Å². The summed E-state index contributed by atoms with van der Waals surface area (Å²) in [5.41, 5.74) is 7.16. The molecular weight excluding hydrogens is 516 g/mol. The number of carbonyl (C=O) groups is 2.